The molecule has 0 spiro atoms. The zero-order chi connectivity index (χ0) is 14.1. The van der Waals surface area contributed by atoms with Gasteiger partial charge < -0.3 is 5.73 Å². The summed E-state index contributed by atoms with van der Waals surface area (Å²) in [6, 6.07) is 11.6. The van der Waals surface area contributed by atoms with Crippen LogP contribution < -0.4 is 5.73 Å². The Hall–Kier alpha value is -2.28. The van der Waals surface area contributed by atoms with Gasteiger partial charge in [-0.05, 0) is 40.8 Å². The van der Waals surface area contributed by atoms with Gasteiger partial charge in [-0.25, -0.2) is 4.39 Å². The fourth-order valence-corrected chi connectivity index (χ4v) is 2.41. The summed E-state index contributed by atoms with van der Waals surface area (Å²) in [6.07, 6.45) is 0. The van der Waals surface area contributed by atoms with E-state index in [1.165, 1.54) is 10.7 Å². The van der Waals surface area contributed by atoms with Crippen LogP contribution in [0.25, 0.3) is 17.1 Å². The summed E-state index contributed by atoms with van der Waals surface area (Å²) in [7, 11) is 0. The number of hydrogen-bond donors (Lipinski definition) is 1. The molecule has 0 aliphatic heterocycles. The van der Waals surface area contributed by atoms with E-state index in [0.717, 1.165) is 4.47 Å². The van der Waals surface area contributed by atoms with Crippen molar-refractivity contribution in [2.24, 2.45) is 0 Å². The highest BCUT2D eigenvalue weighted by Crippen LogP contribution is 2.26. The zero-order valence-corrected chi connectivity index (χ0v) is 11.7. The smallest absolute Gasteiger partial charge is 0.187 e. The molecule has 0 fully saturated rings. The minimum atomic E-state index is -0.399. The van der Waals surface area contributed by atoms with Crippen LogP contribution in [0, 0.1) is 5.82 Å². The Labute approximate surface area is 122 Å². The standard InChI is InChI=1S/C13H9BrFN5/c14-9-5-8(6-10(16)7-9)13-17-18-19-20(13)12-4-2-1-3-11(12)15/h1-7H,16H2. The zero-order valence-electron chi connectivity index (χ0n) is 10.2. The topological polar surface area (TPSA) is 69.6 Å². The summed E-state index contributed by atoms with van der Waals surface area (Å²) >= 11 is 3.36. The summed E-state index contributed by atoms with van der Waals surface area (Å²) in [4.78, 5) is 0. The first-order valence-electron chi connectivity index (χ1n) is 5.75. The SMILES string of the molecule is Nc1cc(Br)cc(-c2nnnn2-c2ccccc2F)c1. The van der Waals surface area contributed by atoms with Gasteiger partial charge in [0.1, 0.15) is 11.5 Å². The molecule has 0 aliphatic carbocycles. The van der Waals surface area contributed by atoms with E-state index in [4.69, 9.17) is 5.73 Å². The van der Waals surface area contributed by atoms with Crippen LogP contribution in [-0.2, 0) is 0 Å². The van der Waals surface area contributed by atoms with Gasteiger partial charge in [0.15, 0.2) is 5.82 Å². The van der Waals surface area contributed by atoms with Gasteiger partial charge in [0.2, 0.25) is 0 Å². The Kier molecular flexibility index (Phi) is 3.19. The largest absolute Gasteiger partial charge is 0.399 e. The highest BCUT2D eigenvalue weighted by atomic mass is 79.9. The predicted molar refractivity (Wildman–Crippen MR) is 76.7 cm³/mol. The van der Waals surface area contributed by atoms with E-state index < -0.39 is 5.82 Å². The van der Waals surface area contributed by atoms with Crippen LogP contribution >= 0.6 is 15.9 Å². The Balaban J connectivity index is 2.18. The van der Waals surface area contributed by atoms with Crippen LogP contribution in [0.1, 0.15) is 0 Å². The second-order valence-electron chi connectivity index (χ2n) is 4.14. The molecule has 0 aliphatic rings. The normalized spacial score (nSPS) is 10.7. The first-order valence-corrected chi connectivity index (χ1v) is 6.54. The fourth-order valence-electron chi connectivity index (χ4n) is 1.89. The molecule has 3 rings (SSSR count). The van der Waals surface area contributed by atoms with Crippen LogP contribution in [0.4, 0.5) is 10.1 Å². The Morgan fingerprint density at radius 1 is 1.15 bits per heavy atom. The van der Waals surface area contributed by atoms with Crippen molar-refractivity contribution in [2.45, 2.75) is 0 Å². The average molecular weight is 334 g/mol. The van der Waals surface area contributed by atoms with E-state index in [9.17, 15) is 4.39 Å². The molecule has 0 bridgehead atoms. The summed E-state index contributed by atoms with van der Waals surface area (Å²) in [5.41, 5.74) is 7.35. The minimum Gasteiger partial charge on any atom is -0.399 e. The molecule has 1 aromatic heterocycles. The monoisotopic (exact) mass is 333 g/mol. The number of hydrogen-bond acceptors (Lipinski definition) is 4. The molecule has 1 heterocycles. The lowest BCUT2D eigenvalue weighted by molar-refractivity contribution is 0.608. The van der Waals surface area contributed by atoms with Crippen molar-refractivity contribution >= 4 is 21.6 Å². The maximum Gasteiger partial charge on any atom is 0.187 e. The molecule has 20 heavy (non-hydrogen) atoms. The molecular weight excluding hydrogens is 325 g/mol. The summed E-state index contributed by atoms with van der Waals surface area (Å²) in [5, 5.41) is 11.4. The van der Waals surface area contributed by atoms with Gasteiger partial charge in [-0.3, -0.25) is 0 Å². The molecular formula is C13H9BrFN5. The van der Waals surface area contributed by atoms with E-state index in [1.54, 1.807) is 30.3 Å². The van der Waals surface area contributed by atoms with Crippen molar-refractivity contribution in [1.82, 2.24) is 20.2 Å². The molecule has 0 radical (unpaired) electrons. The number of tetrazole rings is 1. The van der Waals surface area contributed by atoms with Crippen molar-refractivity contribution in [2.75, 3.05) is 5.73 Å². The number of aromatic nitrogens is 4. The maximum absolute atomic E-state index is 13.9. The number of nitrogens with two attached hydrogens (primary N) is 1. The molecule has 0 unspecified atom stereocenters. The third-order valence-corrected chi connectivity index (χ3v) is 3.19. The maximum atomic E-state index is 13.9. The first-order chi connectivity index (χ1) is 9.65. The lowest BCUT2D eigenvalue weighted by Crippen LogP contribution is -2.02. The van der Waals surface area contributed by atoms with E-state index in [2.05, 4.69) is 31.5 Å². The molecule has 7 heteroatoms. The van der Waals surface area contributed by atoms with Crippen LogP contribution in [0.15, 0.2) is 46.9 Å². The van der Waals surface area contributed by atoms with Gasteiger partial charge in [-0.2, -0.15) is 4.68 Å². The lowest BCUT2D eigenvalue weighted by Gasteiger charge is -2.06. The number of nitrogens with zero attached hydrogens (tertiary/aromatic N) is 4. The summed E-state index contributed by atoms with van der Waals surface area (Å²) in [5.74, 6) is 0.0205. The molecule has 2 N–H and O–H groups in total. The highest BCUT2D eigenvalue weighted by Gasteiger charge is 2.14. The molecule has 5 nitrogen and oxygen atoms in total. The highest BCUT2D eigenvalue weighted by molar-refractivity contribution is 9.10. The Bertz CT molecular complexity index is 751. The lowest BCUT2D eigenvalue weighted by atomic mass is 10.2. The number of para-hydroxylation sites is 1. The number of halogens is 2. The van der Waals surface area contributed by atoms with Crippen LogP contribution in [0.3, 0.4) is 0 Å². The second kappa shape index (κ2) is 5.01. The molecule has 100 valence electrons. The van der Waals surface area contributed by atoms with E-state index in [-0.39, 0.29) is 5.69 Å². The molecule has 0 saturated carbocycles. The van der Waals surface area contributed by atoms with Crippen molar-refractivity contribution < 1.29 is 4.39 Å². The molecule has 0 amide bonds. The van der Waals surface area contributed by atoms with E-state index in [1.807, 2.05) is 6.07 Å². The summed E-state index contributed by atoms with van der Waals surface area (Å²) in [6.45, 7) is 0. The fraction of sp³-hybridized carbons (Fsp3) is 0. The average Bonchev–Trinajstić information content (AvgIpc) is 2.87. The predicted octanol–water partition coefficient (Wildman–Crippen LogP) is 2.81. The van der Waals surface area contributed by atoms with Crippen LogP contribution in [0.2, 0.25) is 0 Å². The van der Waals surface area contributed by atoms with Gasteiger partial charge in [-0.15, -0.1) is 5.10 Å². The van der Waals surface area contributed by atoms with Gasteiger partial charge in [0, 0.05) is 15.7 Å². The summed E-state index contributed by atoms with van der Waals surface area (Å²) < 4.78 is 16.0. The minimum absolute atomic E-state index is 0.283. The Morgan fingerprint density at radius 2 is 1.95 bits per heavy atom. The van der Waals surface area contributed by atoms with Gasteiger partial charge >= 0.3 is 0 Å². The number of nitrogen functional groups attached to an aromatic ring is 1. The van der Waals surface area contributed by atoms with Crippen LogP contribution in [0.5, 0.6) is 0 Å². The number of benzene rings is 2. The number of anilines is 1. The number of rotatable bonds is 2. The van der Waals surface area contributed by atoms with Gasteiger partial charge in [0.05, 0.1) is 0 Å². The third-order valence-electron chi connectivity index (χ3n) is 2.73. The van der Waals surface area contributed by atoms with E-state index >= 15 is 0 Å². The van der Waals surface area contributed by atoms with Gasteiger partial charge in [-0.1, -0.05) is 28.1 Å². The molecule has 0 saturated heterocycles. The Morgan fingerprint density at radius 3 is 2.70 bits per heavy atom. The van der Waals surface area contributed by atoms with Crippen molar-refractivity contribution in [3.05, 3.63) is 52.8 Å². The second-order valence-corrected chi connectivity index (χ2v) is 5.05. The third kappa shape index (κ3) is 2.27. The molecule has 3 aromatic rings. The van der Waals surface area contributed by atoms with Crippen molar-refractivity contribution in [3.63, 3.8) is 0 Å². The van der Waals surface area contributed by atoms with E-state index in [0.29, 0.717) is 17.1 Å². The quantitative estimate of drug-likeness (QED) is 0.732. The molecule has 0 atom stereocenters. The first kappa shape index (κ1) is 12.7. The molecule has 2 aromatic carbocycles. The van der Waals surface area contributed by atoms with Crippen molar-refractivity contribution in [3.8, 4) is 17.1 Å². The van der Waals surface area contributed by atoms with Crippen LogP contribution in [-0.4, -0.2) is 20.2 Å². The van der Waals surface area contributed by atoms with Crippen molar-refractivity contribution in [1.29, 1.82) is 0 Å². The van der Waals surface area contributed by atoms with Gasteiger partial charge in [0.25, 0.3) is 0 Å².